The molecule has 4 rings (SSSR count). The highest BCUT2D eigenvalue weighted by Gasteiger charge is 2.08. The lowest BCUT2D eigenvalue weighted by Crippen LogP contribution is -1.92. The van der Waals surface area contributed by atoms with Gasteiger partial charge in [0.15, 0.2) is 0 Å². The first kappa shape index (κ1) is 14.2. The van der Waals surface area contributed by atoms with Crippen LogP contribution in [0.25, 0.3) is 27.5 Å². The van der Waals surface area contributed by atoms with Gasteiger partial charge in [0.05, 0.1) is 11.9 Å². The molecule has 0 fully saturated rings. The minimum absolute atomic E-state index is 0.730. The molecule has 0 atom stereocenters. The average Bonchev–Trinajstić information content (AvgIpc) is 3.26. The maximum absolute atomic E-state index is 5.93. The fraction of sp³-hybridized carbons (Fsp3) is 0. The highest BCUT2D eigenvalue weighted by molar-refractivity contribution is 7.12. The molecule has 0 bridgehead atoms. The van der Waals surface area contributed by atoms with Crippen molar-refractivity contribution in [2.24, 2.45) is 0 Å². The molecule has 0 saturated carbocycles. The summed E-state index contributed by atoms with van der Waals surface area (Å²) in [4.78, 5) is 4.67. The van der Waals surface area contributed by atoms with E-state index in [-0.39, 0.29) is 0 Å². The number of benzene rings is 2. The quantitative estimate of drug-likeness (QED) is 0.506. The van der Waals surface area contributed by atoms with Gasteiger partial charge in [-0.15, -0.1) is 11.3 Å². The Kier molecular flexibility index (Phi) is 3.69. The third-order valence-electron chi connectivity index (χ3n) is 3.52. The van der Waals surface area contributed by atoms with Crippen molar-refractivity contribution in [1.82, 2.24) is 14.8 Å². The first-order chi connectivity index (χ1) is 11.3. The molecule has 0 radical (unpaired) electrons. The molecule has 23 heavy (non-hydrogen) atoms. The number of rotatable bonds is 3. The van der Waals surface area contributed by atoms with Gasteiger partial charge in [0, 0.05) is 27.7 Å². The van der Waals surface area contributed by atoms with Gasteiger partial charge in [0.1, 0.15) is 0 Å². The van der Waals surface area contributed by atoms with Crippen LogP contribution in [0.1, 0.15) is 0 Å². The molecule has 2 aromatic heterocycles. The Morgan fingerprint density at radius 3 is 2.43 bits per heavy atom. The molecule has 0 aliphatic carbocycles. The number of hydrogen-bond acceptors (Lipinski definition) is 3. The van der Waals surface area contributed by atoms with Gasteiger partial charge in [0.25, 0.3) is 0 Å². The molecule has 0 saturated heterocycles. The van der Waals surface area contributed by atoms with Gasteiger partial charge in [-0.1, -0.05) is 54.1 Å². The first-order valence-electron chi connectivity index (χ1n) is 7.11. The summed E-state index contributed by atoms with van der Waals surface area (Å²) in [5.74, 6) is 0. The smallest absolute Gasteiger partial charge is 0.210 e. The Balaban J connectivity index is 1.65. The molecular formula is C18H12ClN3S. The summed E-state index contributed by atoms with van der Waals surface area (Å²) in [6.07, 6.45) is 3.82. The van der Waals surface area contributed by atoms with E-state index in [0.717, 1.165) is 32.5 Å². The second-order valence-corrected chi connectivity index (χ2v) is 6.33. The molecule has 0 N–H and O–H groups in total. The second-order valence-electron chi connectivity index (χ2n) is 5.06. The standard InChI is InChI=1S/C18H12ClN3S/c19-16-8-6-13(7-9-16)15-10-20-22(11-15)18-21-17(12-23-18)14-4-2-1-3-5-14/h1-12H. The van der Waals surface area contributed by atoms with E-state index in [1.807, 2.05) is 60.2 Å². The lowest BCUT2D eigenvalue weighted by molar-refractivity contribution is 0.870. The van der Waals surface area contributed by atoms with E-state index in [9.17, 15) is 0 Å². The molecule has 0 amide bonds. The van der Waals surface area contributed by atoms with Crippen molar-refractivity contribution >= 4 is 22.9 Å². The van der Waals surface area contributed by atoms with Crippen LogP contribution in [0.2, 0.25) is 5.02 Å². The molecule has 0 spiro atoms. The summed E-state index contributed by atoms with van der Waals surface area (Å²) >= 11 is 7.51. The second kappa shape index (κ2) is 5.99. The molecule has 0 aliphatic heterocycles. The van der Waals surface area contributed by atoms with Crippen LogP contribution < -0.4 is 0 Å². The largest absolute Gasteiger partial charge is 0.218 e. The van der Waals surface area contributed by atoms with E-state index in [1.54, 1.807) is 16.0 Å². The third-order valence-corrected chi connectivity index (χ3v) is 4.60. The van der Waals surface area contributed by atoms with Crippen LogP contribution in [0.15, 0.2) is 72.4 Å². The fourth-order valence-electron chi connectivity index (χ4n) is 2.33. The van der Waals surface area contributed by atoms with E-state index >= 15 is 0 Å². The van der Waals surface area contributed by atoms with Crippen molar-refractivity contribution in [3.63, 3.8) is 0 Å². The zero-order chi connectivity index (χ0) is 15.6. The summed E-state index contributed by atoms with van der Waals surface area (Å²) in [6.45, 7) is 0. The summed E-state index contributed by atoms with van der Waals surface area (Å²) in [7, 11) is 0. The summed E-state index contributed by atoms with van der Waals surface area (Å²) in [5.41, 5.74) is 4.20. The number of thiazole rings is 1. The third kappa shape index (κ3) is 2.91. The van der Waals surface area contributed by atoms with Gasteiger partial charge < -0.3 is 0 Å². The van der Waals surface area contributed by atoms with E-state index < -0.39 is 0 Å². The maximum Gasteiger partial charge on any atom is 0.210 e. The number of hydrogen-bond donors (Lipinski definition) is 0. The predicted molar refractivity (Wildman–Crippen MR) is 95.1 cm³/mol. The van der Waals surface area contributed by atoms with Gasteiger partial charge in [-0.3, -0.25) is 0 Å². The van der Waals surface area contributed by atoms with Crippen molar-refractivity contribution in [2.75, 3.05) is 0 Å². The van der Waals surface area contributed by atoms with Crippen molar-refractivity contribution < 1.29 is 0 Å². The Morgan fingerprint density at radius 2 is 1.65 bits per heavy atom. The maximum atomic E-state index is 5.93. The zero-order valence-electron chi connectivity index (χ0n) is 12.1. The van der Waals surface area contributed by atoms with Gasteiger partial charge in [-0.2, -0.15) is 5.10 Å². The molecule has 0 aliphatic rings. The molecule has 4 aromatic rings. The average molecular weight is 338 g/mol. The highest BCUT2D eigenvalue weighted by Crippen LogP contribution is 2.26. The number of nitrogens with zero attached hydrogens (tertiary/aromatic N) is 3. The van der Waals surface area contributed by atoms with Crippen LogP contribution in [0.3, 0.4) is 0 Å². The molecule has 2 heterocycles. The predicted octanol–water partition coefficient (Wildman–Crippen LogP) is 5.32. The molecule has 3 nitrogen and oxygen atoms in total. The normalized spacial score (nSPS) is 10.8. The van der Waals surface area contributed by atoms with Crippen molar-refractivity contribution in [3.8, 4) is 27.5 Å². The van der Waals surface area contributed by atoms with E-state index in [4.69, 9.17) is 11.6 Å². The lowest BCUT2D eigenvalue weighted by atomic mass is 10.1. The Bertz CT molecular complexity index is 926. The fourth-order valence-corrected chi connectivity index (χ4v) is 3.22. The Labute approximate surface area is 142 Å². The van der Waals surface area contributed by atoms with E-state index in [0.29, 0.717) is 0 Å². The van der Waals surface area contributed by atoms with E-state index in [2.05, 4.69) is 22.2 Å². The summed E-state index contributed by atoms with van der Waals surface area (Å²) < 4.78 is 1.81. The van der Waals surface area contributed by atoms with Crippen molar-refractivity contribution in [2.45, 2.75) is 0 Å². The molecule has 2 aromatic carbocycles. The number of aromatic nitrogens is 3. The minimum atomic E-state index is 0.730. The van der Waals surface area contributed by atoms with Crippen LogP contribution in [-0.2, 0) is 0 Å². The van der Waals surface area contributed by atoms with Gasteiger partial charge in [-0.05, 0) is 17.7 Å². The van der Waals surface area contributed by atoms with Gasteiger partial charge >= 0.3 is 0 Å². The first-order valence-corrected chi connectivity index (χ1v) is 8.37. The monoisotopic (exact) mass is 337 g/mol. The summed E-state index contributed by atoms with van der Waals surface area (Å²) in [5, 5.41) is 8.05. The summed E-state index contributed by atoms with van der Waals surface area (Å²) in [6, 6.07) is 17.9. The van der Waals surface area contributed by atoms with Gasteiger partial charge in [0.2, 0.25) is 5.13 Å². The highest BCUT2D eigenvalue weighted by atomic mass is 35.5. The van der Waals surface area contributed by atoms with E-state index in [1.165, 1.54) is 0 Å². The van der Waals surface area contributed by atoms with Gasteiger partial charge in [-0.25, -0.2) is 9.67 Å². The van der Waals surface area contributed by atoms with Crippen molar-refractivity contribution in [3.05, 3.63) is 77.4 Å². The lowest BCUT2D eigenvalue weighted by Gasteiger charge is -1.97. The number of halogens is 1. The minimum Gasteiger partial charge on any atom is -0.218 e. The van der Waals surface area contributed by atoms with Crippen LogP contribution >= 0.6 is 22.9 Å². The Morgan fingerprint density at radius 1 is 0.870 bits per heavy atom. The van der Waals surface area contributed by atoms with Crippen molar-refractivity contribution in [1.29, 1.82) is 0 Å². The topological polar surface area (TPSA) is 30.7 Å². The van der Waals surface area contributed by atoms with Crippen LogP contribution in [0.5, 0.6) is 0 Å². The molecule has 112 valence electrons. The van der Waals surface area contributed by atoms with Crippen LogP contribution in [0, 0.1) is 0 Å². The Hall–Kier alpha value is -2.43. The SMILES string of the molecule is Clc1ccc(-c2cnn(-c3nc(-c4ccccc4)cs3)c2)cc1. The molecule has 0 unspecified atom stereocenters. The molecule has 5 heteroatoms. The van der Waals surface area contributed by atoms with Crippen LogP contribution in [0.4, 0.5) is 0 Å². The zero-order valence-corrected chi connectivity index (χ0v) is 13.6. The molecular weight excluding hydrogens is 326 g/mol. The van der Waals surface area contributed by atoms with Crippen LogP contribution in [-0.4, -0.2) is 14.8 Å².